The number of aromatic nitrogens is 2. The minimum Gasteiger partial charge on any atom is -0.324 e. The van der Waals surface area contributed by atoms with E-state index in [1.165, 1.54) is 27.8 Å². The van der Waals surface area contributed by atoms with Crippen LogP contribution in [-0.2, 0) is 11.2 Å². The van der Waals surface area contributed by atoms with Gasteiger partial charge in [0.05, 0.1) is 11.7 Å². The zero-order valence-electron chi connectivity index (χ0n) is 17.9. The molecule has 1 atom stereocenters. The van der Waals surface area contributed by atoms with Crippen LogP contribution in [0.25, 0.3) is 21.3 Å². The van der Waals surface area contributed by atoms with Crippen LogP contribution in [0.3, 0.4) is 0 Å². The van der Waals surface area contributed by atoms with Gasteiger partial charge in [-0.15, -0.1) is 11.3 Å². The highest BCUT2D eigenvalue weighted by atomic mass is 32.1. The minimum absolute atomic E-state index is 0.188. The molecule has 0 aliphatic rings. The molecule has 0 fully saturated rings. The second kappa shape index (κ2) is 8.86. The Balaban J connectivity index is 1.73. The number of anilines is 1. The molecule has 0 saturated carbocycles. The molecule has 0 aliphatic carbocycles. The quantitative estimate of drug-likeness (QED) is 0.433. The summed E-state index contributed by atoms with van der Waals surface area (Å²) >= 11 is 1.45. The van der Waals surface area contributed by atoms with Gasteiger partial charge in [-0.2, -0.15) is 0 Å². The molecule has 0 radical (unpaired) electrons. The van der Waals surface area contributed by atoms with E-state index in [1.807, 2.05) is 55.6 Å². The van der Waals surface area contributed by atoms with E-state index < -0.39 is 6.04 Å². The van der Waals surface area contributed by atoms with E-state index in [0.29, 0.717) is 16.6 Å². The summed E-state index contributed by atoms with van der Waals surface area (Å²) in [4.78, 5) is 31.7. The average molecular weight is 432 g/mol. The summed E-state index contributed by atoms with van der Waals surface area (Å²) in [7, 11) is 0. The van der Waals surface area contributed by atoms with Crippen LogP contribution in [0.5, 0.6) is 0 Å². The van der Waals surface area contributed by atoms with Crippen LogP contribution >= 0.6 is 11.3 Å². The first-order valence-electron chi connectivity index (χ1n) is 10.5. The van der Waals surface area contributed by atoms with Crippen molar-refractivity contribution in [2.45, 2.75) is 39.7 Å². The van der Waals surface area contributed by atoms with Crippen molar-refractivity contribution in [3.05, 3.63) is 81.7 Å². The van der Waals surface area contributed by atoms with Crippen LogP contribution in [0.2, 0.25) is 0 Å². The molecule has 1 N–H and O–H groups in total. The van der Waals surface area contributed by atoms with Crippen molar-refractivity contribution < 1.29 is 4.79 Å². The van der Waals surface area contributed by atoms with E-state index >= 15 is 0 Å². The van der Waals surface area contributed by atoms with E-state index in [1.54, 1.807) is 0 Å². The largest absolute Gasteiger partial charge is 0.324 e. The Kier molecular flexibility index (Phi) is 6.00. The Labute approximate surface area is 185 Å². The molecule has 6 heteroatoms. The van der Waals surface area contributed by atoms with Gasteiger partial charge < -0.3 is 5.32 Å². The number of amides is 1. The number of nitrogens with zero attached hydrogens (tertiary/aromatic N) is 2. The zero-order valence-corrected chi connectivity index (χ0v) is 18.7. The monoisotopic (exact) mass is 431 g/mol. The number of benzene rings is 2. The topological polar surface area (TPSA) is 64.0 Å². The Hall–Kier alpha value is -3.25. The van der Waals surface area contributed by atoms with Crippen LogP contribution in [0.15, 0.2) is 65.0 Å². The van der Waals surface area contributed by atoms with Crippen molar-refractivity contribution in [3.8, 4) is 11.1 Å². The fourth-order valence-corrected chi connectivity index (χ4v) is 4.66. The predicted octanol–water partition coefficient (Wildman–Crippen LogP) is 5.59. The highest BCUT2D eigenvalue weighted by Gasteiger charge is 2.23. The van der Waals surface area contributed by atoms with Crippen LogP contribution < -0.4 is 10.9 Å². The summed E-state index contributed by atoms with van der Waals surface area (Å²) in [5.41, 5.74) is 4.69. The number of rotatable bonds is 6. The Morgan fingerprint density at radius 2 is 1.94 bits per heavy atom. The smallest absolute Gasteiger partial charge is 0.263 e. The number of hydrogen-bond donors (Lipinski definition) is 1. The predicted molar refractivity (Wildman–Crippen MR) is 128 cm³/mol. The third kappa shape index (κ3) is 4.16. The molecule has 31 heavy (non-hydrogen) atoms. The van der Waals surface area contributed by atoms with Gasteiger partial charge in [-0.3, -0.25) is 14.2 Å². The molecule has 2 heterocycles. The first-order valence-corrected chi connectivity index (χ1v) is 11.3. The molecular weight excluding hydrogens is 406 g/mol. The number of carbonyl (C=O) groups is 1. The summed E-state index contributed by atoms with van der Waals surface area (Å²) in [5.74, 6) is -0.222. The van der Waals surface area contributed by atoms with Crippen molar-refractivity contribution in [3.63, 3.8) is 0 Å². The van der Waals surface area contributed by atoms with E-state index in [9.17, 15) is 9.59 Å². The lowest BCUT2D eigenvalue weighted by Crippen LogP contribution is -2.33. The van der Waals surface area contributed by atoms with Crippen molar-refractivity contribution in [2.24, 2.45) is 0 Å². The molecule has 1 unspecified atom stereocenters. The summed E-state index contributed by atoms with van der Waals surface area (Å²) in [6.07, 6.45) is 2.94. The molecule has 2 aromatic carbocycles. The highest BCUT2D eigenvalue weighted by molar-refractivity contribution is 7.17. The maximum Gasteiger partial charge on any atom is 0.263 e. The van der Waals surface area contributed by atoms with E-state index in [0.717, 1.165) is 28.8 Å². The number of aryl methyl sites for hydroxylation is 2. The SMILES string of the molecule is CCc1ccc(-c2csc3ncn(C(CC)C(=O)Nc4cccc(C)c4)c(=O)c23)cc1. The first-order chi connectivity index (χ1) is 15.0. The van der Waals surface area contributed by atoms with Gasteiger partial charge in [-0.1, -0.05) is 50.2 Å². The standard InChI is InChI=1S/C25H25N3O2S/c1-4-17-9-11-18(12-10-17)20-14-31-24-22(20)25(30)28(15-26-24)21(5-2)23(29)27-19-8-6-7-16(3)13-19/h6-15,21H,4-5H2,1-3H3,(H,27,29). The first kappa shape index (κ1) is 21.0. The normalized spacial score (nSPS) is 12.1. The number of fused-ring (bicyclic) bond motifs is 1. The maximum atomic E-state index is 13.5. The van der Waals surface area contributed by atoms with Gasteiger partial charge >= 0.3 is 0 Å². The third-order valence-corrected chi connectivity index (χ3v) is 6.39. The molecule has 5 nitrogen and oxygen atoms in total. The molecule has 4 rings (SSSR count). The molecule has 1 amide bonds. The van der Waals surface area contributed by atoms with Crippen molar-refractivity contribution >= 4 is 33.1 Å². The Morgan fingerprint density at radius 1 is 1.16 bits per heavy atom. The third-order valence-electron chi connectivity index (χ3n) is 5.50. The average Bonchev–Trinajstić information content (AvgIpc) is 3.21. The van der Waals surface area contributed by atoms with E-state index in [-0.39, 0.29) is 11.5 Å². The van der Waals surface area contributed by atoms with Crippen LogP contribution in [0.1, 0.15) is 37.4 Å². The lowest BCUT2D eigenvalue weighted by Gasteiger charge is -2.18. The fraction of sp³-hybridized carbons (Fsp3) is 0.240. The van der Waals surface area contributed by atoms with Gasteiger partial charge in [0.25, 0.3) is 5.56 Å². The summed E-state index contributed by atoms with van der Waals surface area (Å²) in [6.45, 7) is 5.99. The molecule has 4 aromatic rings. The number of thiophene rings is 1. The Bertz CT molecular complexity index is 1290. The fourth-order valence-electron chi connectivity index (χ4n) is 3.76. The van der Waals surface area contributed by atoms with Gasteiger partial charge in [0.15, 0.2) is 0 Å². The van der Waals surface area contributed by atoms with Gasteiger partial charge in [0.1, 0.15) is 10.9 Å². The van der Waals surface area contributed by atoms with Crippen LogP contribution in [0.4, 0.5) is 5.69 Å². The lowest BCUT2D eigenvalue weighted by atomic mass is 10.0. The number of hydrogen-bond acceptors (Lipinski definition) is 4. The molecule has 0 bridgehead atoms. The van der Waals surface area contributed by atoms with Crippen LogP contribution in [-0.4, -0.2) is 15.5 Å². The van der Waals surface area contributed by atoms with Crippen molar-refractivity contribution in [2.75, 3.05) is 5.32 Å². The summed E-state index contributed by atoms with van der Waals surface area (Å²) < 4.78 is 1.46. The number of nitrogens with one attached hydrogen (secondary N) is 1. The highest BCUT2D eigenvalue weighted by Crippen LogP contribution is 2.31. The van der Waals surface area contributed by atoms with E-state index in [2.05, 4.69) is 29.4 Å². The van der Waals surface area contributed by atoms with Gasteiger partial charge in [-0.25, -0.2) is 4.98 Å². The minimum atomic E-state index is -0.639. The molecule has 2 aromatic heterocycles. The second-order valence-corrected chi connectivity index (χ2v) is 8.48. The van der Waals surface area contributed by atoms with Crippen LogP contribution in [0, 0.1) is 6.92 Å². The van der Waals surface area contributed by atoms with E-state index in [4.69, 9.17) is 0 Å². The molecular formula is C25H25N3O2S. The summed E-state index contributed by atoms with van der Waals surface area (Å²) in [5, 5.41) is 5.47. The van der Waals surface area contributed by atoms with Gasteiger partial charge in [-0.05, 0) is 48.6 Å². The second-order valence-electron chi connectivity index (χ2n) is 7.62. The molecule has 0 saturated heterocycles. The summed E-state index contributed by atoms with van der Waals surface area (Å²) in [6, 6.07) is 15.2. The molecule has 0 aliphatic heterocycles. The Morgan fingerprint density at radius 3 is 2.61 bits per heavy atom. The van der Waals surface area contributed by atoms with Gasteiger partial charge in [0, 0.05) is 16.6 Å². The lowest BCUT2D eigenvalue weighted by molar-refractivity contribution is -0.119. The maximum absolute atomic E-state index is 13.5. The van der Waals surface area contributed by atoms with Gasteiger partial charge in [0.2, 0.25) is 5.91 Å². The molecule has 0 spiro atoms. The zero-order chi connectivity index (χ0) is 22.0. The van der Waals surface area contributed by atoms with Crippen molar-refractivity contribution in [1.82, 2.24) is 9.55 Å². The number of carbonyl (C=O) groups excluding carboxylic acids is 1. The molecule has 158 valence electrons. The van der Waals surface area contributed by atoms with Crippen molar-refractivity contribution in [1.29, 1.82) is 0 Å².